The molecule has 0 atom stereocenters. The Labute approximate surface area is 95.3 Å². The van der Waals surface area contributed by atoms with Crippen molar-refractivity contribution in [2.45, 2.75) is 0 Å². The molecule has 0 aliphatic rings. The topological polar surface area (TPSA) is 21.7 Å². The summed E-state index contributed by atoms with van der Waals surface area (Å²) in [4.78, 5) is 0. The molecule has 0 aliphatic carbocycles. The number of aryl methyl sites for hydroxylation is 1. The summed E-state index contributed by atoms with van der Waals surface area (Å²) in [5, 5.41) is 4.10. The summed E-state index contributed by atoms with van der Waals surface area (Å²) in [7, 11) is 3.23. The van der Waals surface area contributed by atoms with Crippen molar-refractivity contribution in [2.24, 2.45) is 14.1 Å². The van der Waals surface area contributed by atoms with Crippen LogP contribution < -0.4 is 4.57 Å². The summed E-state index contributed by atoms with van der Waals surface area (Å²) in [5.74, 6) is 0.613. The third-order valence-corrected chi connectivity index (χ3v) is 2.74. The van der Waals surface area contributed by atoms with Crippen LogP contribution in [-0.4, -0.2) is 9.78 Å². The molecule has 0 radical (unpaired) electrons. The predicted octanol–water partition coefficient (Wildman–Crippen LogP) is 1.81. The third kappa shape index (κ3) is 1.79. The molecule has 3 nitrogen and oxygen atoms in total. The molecule has 78 valence electrons. The van der Waals surface area contributed by atoms with E-state index in [9.17, 15) is 4.39 Å². The highest BCUT2D eigenvalue weighted by Gasteiger charge is 2.21. The molecule has 0 aliphatic heterocycles. The molecule has 2 aromatic rings. The van der Waals surface area contributed by atoms with Gasteiger partial charge in [-0.25, -0.2) is 4.57 Å². The summed E-state index contributed by atoms with van der Waals surface area (Å²) < 4.78 is 17.0. The van der Waals surface area contributed by atoms with E-state index in [4.69, 9.17) is 0 Å². The van der Waals surface area contributed by atoms with Crippen molar-refractivity contribution in [1.29, 1.82) is 0 Å². The smallest absolute Gasteiger partial charge is 0.201 e. The van der Waals surface area contributed by atoms with Gasteiger partial charge in [0, 0.05) is 9.57 Å². The average molecular weight is 271 g/mol. The molecular formula is C10H10BrFN3+. The largest absolute Gasteiger partial charge is 0.420 e. The SMILES string of the molecule is Cn1nc(-c2ccc(Br)cc2)[n+](C)c1F. The van der Waals surface area contributed by atoms with E-state index < -0.39 is 0 Å². The molecule has 15 heavy (non-hydrogen) atoms. The van der Waals surface area contributed by atoms with Crippen LogP contribution in [0.5, 0.6) is 0 Å². The number of rotatable bonds is 1. The highest BCUT2D eigenvalue weighted by molar-refractivity contribution is 9.10. The fourth-order valence-electron chi connectivity index (χ4n) is 1.41. The van der Waals surface area contributed by atoms with E-state index in [-0.39, 0.29) is 6.08 Å². The quantitative estimate of drug-likeness (QED) is 0.725. The number of nitrogens with zero attached hydrogens (tertiary/aromatic N) is 3. The Bertz CT molecular complexity index is 490. The first-order valence-electron chi connectivity index (χ1n) is 4.44. The van der Waals surface area contributed by atoms with Crippen molar-refractivity contribution in [2.75, 3.05) is 0 Å². The lowest BCUT2D eigenvalue weighted by atomic mass is 10.2. The third-order valence-electron chi connectivity index (χ3n) is 2.21. The van der Waals surface area contributed by atoms with Gasteiger partial charge in [0.25, 0.3) is 0 Å². The molecule has 0 spiro atoms. The van der Waals surface area contributed by atoms with Crippen LogP contribution in [0.2, 0.25) is 0 Å². The van der Waals surface area contributed by atoms with Crippen LogP contribution in [0.4, 0.5) is 4.39 Å². The number of halogens is 2. The second kappa shape index (κ2) is 3.73. The fourth-order valence-corrected chi connectivity index (χ4v) is 1.67. The van der Waals surface area contributed by atoms with Crippen molar-refractivity contribution in [1.82, 2.24) is 9.78 Å². The molecule has 5 heteroatoms. The van der Waals surface area contributed by atoms with Gasteiger partial charge < -0.3 is 0 Å². The van der Waals surface area contributed by atoms with Gasteiger partial charge in [0.2, 0.25) is 0 Å². The van der Waals surface area contributed by atoms with Gasteiger partial charge in [-0.15, -0.1) is 4.39 Å². The normalized spacial score (nSPS) is 10.7. The maximum atomic E-state index is 13.4. The number of aromatic nitrogens is 3. The molecule has 2 rings (SSSR count). The van der Waals surface area contributed by atoms with Crippen LogP contribution in [0.25, 0.3) is 11.4 Å². The maximum absolute atomic E-state index is 13.4. The Morgan fingerprint density at radius 1 is 1.33 bits per heavy atom. The van der Waals surface area contributed by atoms with Gasteiger partial charge in [-0.1, -0.05) is 20.6 Å². The van der Waals surface area contributed by atoms with E-state index in [2.05, 4.69) is 21.0 Å². The Morgan fingerprint density at radius 3 is 2.40 bits per heavy atom. The lowest BCUT2D eigenvalue weighted by Crippen LogP contribution is -2.33. The first kappa shape index (κ1) is 10.3. The minimum absolute atomic E-state index is 0.368. The summed E-state index contributed by atoms with van der Waals surface area (Å²) in [5.41, 5.74) is 0.889. The van der Waals surface area contributed by atoms with E-state index in [0.29, 0.717) is 5.82 Å². The summed E-state index contributed by atoms with van der Waals surface area (Å²) in [6.07, 6.45) is -0.368. The van der Waals surface area contributed by atoms with Crippen LogP contribution >= 0.6 is 15.9 Å². The molecule has 1 aromatic carbocycles. The standard InChI is InChI=1S/C10H10BrFN3/c1-14-9(13-15(2)10(14)12)7-3-5-8(11)6-4-7/h3-6H,1-2H3/q+1. The molecule has 0 unspecified atom stereocenters. The molecule has 1 heterocycles. The van der Waals surface area contributed by atoms with Gasteiger partial charge in [-0.05, 0) is 24.3 Å². The fraction of sp³-hybridized carbons (Fsp3) is 0.200. The lowest BCUT2D eigenvalue weighted by molar-refractivity contribution is -0.690. The van der Waals surface area contributed by atoms with E-state index in [0.717, 1.165) is 10.0 Å². The minimum Gasteiger partial charge on any atom is -0.201 e. The van der Waals surface area contributed by atoms with Crippen molar-refractivity contribution in [3.05, 3.63) is 34.8 Å². The van der Waals surface area contributed by atoms with Gasteiger partial charge >= 0.3 is 11.9 Å². The Morgan fingerprint density at radius 2 is 1.93 bits per heavy atom. The zero-order chi connectivity index (χ0) is 11.0. The van der Waals surface area contributed by atoms with E-state index in [1.165, 1.54) is 9.25 Å². The number of hydrogen-bond acceptors (Lipinski definition) is 1. The molecular weight excluding hydrogens is 261 g/mol. The van der Waals surface area contributed by atoms with Crippen molar-refractivity contribution in [3.63, 3.8) is 0 Å². The Balaban J connectivity index is 2.54. The molecule has 0 bridgehead atoms. The summed E-state index contributed by atoms with van der Waals surface area (Å²) in [6.45, 7) is 0. The Hall–Kier alpha value is -1.23. The van der Waals surface area contributed by atoms with Crippen LogP contribution in [0.15, 0.2) is 28.7 Å². The zero-order valence-corrected chi connectivity index (χ0v) is 9.99. The highest BCUT2D eigenvalue weighted by atomic mass is 79.9. The first-order chi connectivity index (χ1) is 7.09. The van der Waals surface area contributed by atoms with Gasteiger partial charge in [0.05, 0.1) is 19.7 Å². The second-order valence-corrected chi connectivity index (χ2v) is 4.20. The van der Waals surface area contributed by atoms with Gasteiger partial charge in [0.1, 0.15) is 0 Å². The molecule has 0 saturated carbocycles. The molecule has 0 fully saturated rings. The second-order valence-electron chi connectivity index (χ2n) is 3.28. The van der Waals surface area contributed by atoms with Crippen LogP contribution in [0, 0.1) is 6.08 Å². The lowest BCUT2D eigenvalue weighted by Gasteiger charge is -1.94. The van der Waals surface area contributed by atoms with Crippen molar-refractivity contribution >= 4 is 15.9 Å². The molecule has 0 saturated heterocycles. The van der Waals surface area contributed by atoms with Crippen molar-refractivity contribution in [3.8, 4) is 11.4 Å². The molecule has 1 aromatic heterocycles. The van der Waals surface area contributed by atoms with E-state index >= 15 is 0 Å². The minimum atomic E-state index is -0.368. The first-order valence-corrected chi connectivity index (χ1v) is 5.23. The predicted molar refractivity (Wildman–Crippen MR) is 57.5 cm³/mol. The Kier molecular flexibility index (Phi) is 2.56. The van der Waals surface area contributed by atoms with Crippen LogP contribution in [-0.2, 0) is 14.1 Å². The van der Waals surface area contributed by atoms with E-state index in [1.54, 1.807) is 14.1 Å². The summed E-state index contributed by atoms with van der Waals surface area (Å²) >= 11 is 3.35. The molecule has 0 amide bonds. The zero-order valence-electron chi connectivity index (χ0n) is 8.41. The van der Waals surface area contributed by atoms with Crippen molar-refractivity contribution < 1.29 is 8.96 Å². The van der Waals surface area contributed by atoms with Crippen LogP contribution in [0.1, 0.15) is 0 Å². The highest BCUT2D eigenvalue weighted by Crippen LogP contribution is 2.17. The number of benzene rings is 1. The molecule has 0 N–H and O–H groups in total. The summed E-state index contributed by atoms with van der Waals surface area (Å²) in [6, 6.07) is 7.60. The van der Waals surface area contributed by atoms with Gasteiger partial charge in [-0.2, -0.15) is 0 Å². The van der Waals surface area contributed by atoms with Gasteiger partial charge in [0.15, 0.2) is 0 Å². The van der Waals surface area contributed by atoms with Crippen LogP contribution in [0.3, 0.4) is 0 Å². The average Bonchev–Trinajstić information content (AvgIpc) is 2.47. The monoisotopic (exact) mass is 270 g/mol. The van der Waals surface area contributed by atoms with Gasteiger partial charge in [-0.3, -0.25) is 0 Å². The number of hydrogen-bond donors (Lipinski definition) is 0. The maximum Gasteiger partial charge on any atom is 0.420 e. The van der Waals surface area contributed by atoms with E-state index in [1.807, 2.05) is 24.3 Å².